The molecule has 0 spiro atoms. The highest BCUT2D eigenvalue weighted by atomic mass is 79.9. The number of hydrogen-bond donors (Lipinski definition) is 1. The van der Waals surface area contributed by atoms with E-state index in [4.69, 9.17) is 56.5 Å². The third-order valence-corrected chi connectivity index (χ3v) is 6.93. The lowest BCUT2D eigenvalue weighted by molar-refractivity contribution is -0.122. The number of nitrogens with one attached hydrogen (secondary N) is 1. The Morgan fingerprint density at radius 1 is 1.06 bits per heavy atom. The van der Waals surface area contributed by atoms with Crippen LogP contribution in [-0.4, -0.2) is 24.0 Å². The second-order valence-electron chi connectivity index (χ2n) is 7.47. The van der Waals surface area contributed by atoms with Gasteiger partial charge in [-0.1, -0.05) is 53.0 Å². The molecule has 3 aromatic rings. The van der Waals surface area contributed by atoms with Crippen LogP contribution < -0.4 is 19.7 Å². The Bertz CT molecular complexity index is 1430. The number of amides is 2. The maximum atomic E-state index is 13.3. The van der Waals surface area contributed by atoms with Crippen LogP contribution in [0.2, 0.25) is 15.1 Å². The molecule has 0 saturated carbocycles. The van der Waals surface area contributed by atoms with Crippen LogP contribution in [0.3, 0.4) is 0 Å². The van der Waals surface area contributed by atoms with Crippen LogP contribution in [0.25, 0.3) is 6.08 Å². The van der Waals surface area contributed by atoms with E-state index in [0.29, 0.717) is 37.3 Å². The highest BCUT2D eigenvalue weighted by molar-refractivity contribution is 9.10. The number of benzene rings is 3. The number of anilines is 1. The molecule has 1 saturated heterocycles. The zero-order valence-corrected chi connectivity index (χ0v) is 23.2. The Kier molecular flexibility index (Phi) is 8.22. The second kappa shape index (κ2) is 11.2. The minimum atomic E-state index is -0.638. The Hall–Kier alpha value is -2.62. The summed E-state index contributed by atoms with van der Waals surface area (Å²) in [6, 6.07) is 15.3. The van der Waals surface area contributed by atoms with Gasteiger partial charge in [0.15, 0.2) is 16.6 Å². The summed E-state index contributed by atoms with van der Waals surface area (Å²) >= 11 is 27.2. The van der Waals surface area contributed by atoms with Crippen molar-refractivity contribution in [3.8, 4) is 11.5 Å². The Morgan fingerprint density at radius 2 is 1.81 bits per heavy atom. The zero-order valence-electron chi connectivity index (χ0n) is 18.5. The molecule has 0 aromatic heterocycles. The van der Waals surface area contributed by atoms with E-state index in [1.165, 1.54) is 19.3 Å². The van der Waals surface area contributed by atoms with Crippen molar-refractivity contribution in [3.05, 3.63) is 90.8 Å². The van der Waals surface area contributed by atoms with Gasteiger partial charge in [-0.15, -0.1) is 0 Å². The van der Waals surface area contributed by atoms with Gasteiger partial charge in [0.1, 0.15) is 12.2 Å². The average molecular weight is 627 g/mol. The normalized spacial score (nSPS) is 14.8. The van der Waals surface area contributed by atoms with Gasteiger partial charge in [0.05, 0.1) is 22.3 Å². The second-order valence-corrected chi connectivity index (χ2v) is 9.96. The summed E-state index contributed by atoms with van der Waals surface area (Å²) in [6.07, 6.45) is 1.43. The molecule has 36 heavy (non-hydrogen) atoms. The van der Waals surface area contributed by atoms with Gasteiger partial charge in [-0.25, -0.2) is 0 Å². The molecular formula is C25H16BrCl3N2O4S. The third kappa shape index (κ3) is 5.53. The SMILES string of the molecule is COc1cc(/C=C2\C(=O)NC(=S)N(c3ccc(Cl)cc3Cl)C2=O)cc(Br)c1OCc1ccccc1Cl. The van der Waals surface area contributed by atoms with Gasteiger partial charge in [-0.3, -0.25) is 19.8 Å². The molecular weight excluding hydrogens is 611 g/mol. The van der Waals surface area contributed by atoms with Crippen molar-refractivity contribution in [1.29, 1.82) is 0 Å². The van der Waals surface area contributed by atoms with E-state index in [0.717, 1.165) is 10.5 Å². The molecule has 2 amide bonds. The van der Waals surface area contributed by atoms with Crippen molar-refractivity contribution < 1.29 is 19.1 Å². The molecule has 1 N–H and O–H groups in total. The molecule has 0 atom stereocenters. The summed E-state index contributed by atoms with van der Waals surface area (Å²) in [6.45, 7) is 0.213. The largest absolute Gasteiger partial charge is 0.493 e. The van der Waals surface area contributed by atoms with Gasteiger partial charge < -0.3 is 9.47 Å². The number of methoxy groups -OCH3 is 1. The number of carbonyl (C=O) groups excluding carboxylic acids is 2. The predicted octanol–water partition coefficient (Wildman–Crippen LogP) is 6.83. The van der Waals surface area contributed by atoms with Crippen LogP contribution >= 0.6 is 63.0 Å². The average Bonchev–Trinajstić information content (AvgIpc) is 2.83. The van der Waals surface area contributed by atoms with E-state index in [1.807, 2.05) is 18.2 Å². The van der Waals surface area contributed by atoms with Gasteiger partial charge >= 0.3 is 0 Å². The molecule has 3 aromatic carbocycles. The molecule has 4 rings (SSSR count). The number of rotatable bonds is 6. The first-order valence-corrected chi connectivity index (χ1v) is 12.6. The van der Waals surface area contributed by atoms with Crippen molar-refractivity contribution in [1.82, 2.24) is 5.32 Å². The van der Waals surface area contributed by atoms with Crippen molar-refractivity contribution in [2.45, 2.75) is 6.61 Å². The Labute approximate surface area is 235 Å². The number of thiocarbonyl (C=S) groups is 1. The molecule has 1 fully saturated rings. The monoisotopic (exact) mass is 624 g/mol. The summed E-state index contributed by atoms with van der Waals surface area (Å²) in [4.78, 5) is 27.2. The van der Waals surface area contributed by atoms with Gasteiger partial charge in [0, 0.05) is 15.6 Å². The van der Waals surface area contributed by atoms with Gasteiger partial charge in [0.25, 0.3) is 11.8 Å². The van der Waals surface area contributed by atoms with E-state index < -0.39 is 11.8 Å². The summed E-state index contributed by atoms with van der Waals surface area (Å²) in [5.41, 5.74) is 1.47. The van der Waals surface area contributed by atoms with E-state index in [2.05, 4.69) is 21.2 Å². The highest BCUT2D eigenvalue weighted by Crippen LogP contribution is 2.38. The number of halogens is 4. The maximum Gasteiger partial charge on any atom is 0.270 e. The maximum absolute atomic E-state index is 13.3. The van der Waals surface area contributed by atoms with Crippen LogP contribution in [0.4, 0.5) is 5.69 Å². The van der Waals surface area contributed by atoms with Crippen LogP contribution in [0.5, 0.6) is 11.5 Å². The molecule has 0 unspecified atom stereocenters. The third-order valence-electron chi connectivity index (χ3n) is 5.14. The van der Waals surface area contributed by atoms with Gasteiger partial charge in [-0.2, -0.15) is 0 Å². The van der Waals surface area contributed by atoms with E-state index in [9.17, 15) is 9.59 Å². The molecule has 1 aliphatic rings. The molecule has 6 nitrogen and oxygen atoms in total. The van der Waals surface area contributed by atoms with Crippen LogP contribution in [0.1, 0.15) is 11.1 Å². The molecule has 184 valence electrons. The lowest BCUT2D eigenvalue weighted by Crippen LogP contribution is -2.54. The van der Waals surface area contributed by atoms with Crippen LogP contribution in [-0.2, 0) is 16.2 Å². The quantitative estimate of drug-likeness (QED) is 0.185. The van der Waals surface area contributed by atoms with Crippen LogP contribution in [0, 0.1) is 0 Å². The van der Waals surface area contributed by atoms with Gasteiger partial charge in [0.2, 0.25) is 0 Å². The first-order chi connectivity index (χ1) is 17.2. The van der Waals surface area contributed by atoms with Crippen molar-refractivity contribution in [3.63, 3.8) is 0 Å². The molecule has 1 aliphatic heterocycles. The number of hydrogen-bond acceptors (Lipinski definition) is 5. The van der Waals surface area contributed by atoms with Gasteiger partial charge in [-0.05, 0) is 76.2 Å². The molecule has 11 heteroatoms. The van der Waals surface area contributed by atoms with Crippen molar-refractivity contribution >= 4 is 91.6 Å². The van der Waals surface area contributed by atoms with E-state index in [1.54, 1.807) is 30.3 Å². The highest BCUT2D eigenvalue weighted by Gasteiger charge is 2.35. The Morgan fingerprint density at radius 3 is 2.50 bits per heavy atom. The fourth-order valence-electron chi connectivity index (χ4n) is 3.43. The standard InChI is InChI=1S/C25H16BrCl3N2O4S/c1-34-21-10-13(9-17(26)22(21)35-12-14-4-2-3-5-18(14)28)8-16-23(32)30-25(36)31(24(16)33)20-7-6-15(27)11-19(20)29/h2-11H,12H2,1H3,(H,30,32,36)/b16-8+. The number of nitrogens with zero attached hydrogens (tertiary/aromatic N) is 1. The number of carbonyl (C=O) groups is 2. The summed E-state index contributed by atoms with van der Waals surface area (Å²) in [5.74, 6) is -0.447. The fraction of sp³-hybridized carbons (Fsp3) is 0.0800. The van der Waals surface area contributed by atoms with Crippen molar-refractivity contribution in [2.24, 2.45) is 0 Å². The molecule has 1 heterocycles. The molecule has 0 bridgehead atoms. The van der Waals surface area contributed by atoms with Crippen LogP contribution in [0.15, 0.2) is 64.6 Å². The first-order valence-electron chi connectivity index (χ1n) is 10.3. The van der Waals surface area contributed by atoms with E-state index >= 15 is 0 Å². The zero-order chi connectivity index (χ0) is 26.0. The first kappa shape index (κ1) is 26.4. The summed E-state index contributed by atoms with van der Waals surface area (Å²) in [7, 11) is 1.49. The number of ether oxygens (including phenoxy) is 2. The minimum Gasteiger partial charge on any atom is -0.493 e. The smallest absolute Gasteiger partial charge is 0.270 e. The molecule has 0 radical (unpaired) electrons. The Balaban J connectivity index is 1.66. The topological polar surface area (TPSA) is 67.9 Å². The van der Waals surface area contributed by atoms with Crippen molar-refractivity contribution in [2.75, 3.05) is 12.0 Å². The lowest BCUT2D eigenvalue weighted by atomic mass is 10.1. The fourth-order valence-corrected chi connectivity index (χ4v) is 4.97. The minimum absolute atomic E-state index is 0.0894. The summed E-state index contributed by atoms with van der Waals surface area (Å²) < 4.78 is 12.0. The lowest BCUT2D eigenvalue weighted by Gasteiger charge is -2.29. The van der Waals surface area contributed by atoms with E-state index in [-0.39, 0.29) is 22.3 Å². The molecule has 0 aliphatic carbocycles. The summed E-state index contributed by atoms with van der Waals surface area (Å²) in [5, 5.41) is 3.62. The predicted molar refractivity (Wildman–Crippen MR) is 149 cm³/mol.